The molecule has 1 aromatic heterocycles. The third kappa shape index (κ3) is 2.44. The Labute approximate surface area is 112 Å². The average Bonchev–Trinajstić information content (AvgIpc) is 2.36. The molecule has 0 saturated heterocycles. The summed E-state index contributed by atoms with van der Waals surface area (Å²) >= 11 is 3.17. The van der Waals surface area contributed by atoms with E-state index in [1.54, 1.807) is 23.0 Å². The Morgan fingerprint density at radius 1 is 1.33 bits per heavy atom. The molecule has 0 atom stereocenters. The van der Waals surface area contributed by atoms with Crippen molar-refractivity contribution in [2.75, 3.05) is 5.73 Å². The van der Waals surface area contributed by atoms with Crippen molar-refractivity contribution >= 4 is 21.6 Å². The summed E-state index contributed by atoms with van der Waals surface area (Å²) in [5.74, 6) is 0. The number of benzene rings is 1. The van der Waals surface area contributed by atoms with E-state index in [9.17, 15) is 4.79 Å². The van der Waals surface area contributed by atoms with Gasteiger partial charge in [-0.2, -0.15) is 5.26 Å². The number of nitrogens with two attached hydrogens (primary N) is 1. The number of aromatic nitrogens is 1. The number of hydrogen-bond donors (Lipinski definition) is 1. The van der Waals surface area contributed by atoms with Crippen molar-refractivity contribution in [3.63, 3.8) is 0 Å². The Hall–Kier alpha value is -2.06. The number of pyridine rings is 1. The number of nitrogens with zero attached hydrogens (tertiary/aromatic N) is 2. The lowest BCUT2D eigenvalue weighted by Gasteiger charge is -2.09. The highest BCUT2D eigenvalue weighted by atomic mass is 79.9. The highest BCUT2D eigenvalue weighted by molar-refractivity contribution is 9.10. The number of anilines is 1. The summed E-state index contributed by atoms with van der Waals surface area (Å²) in [5, 5.41) is 9.01. The zero-order valence-electron chi connectivity index (χ0n) is 9.43. The maximum atomic E-state index is 11.5. The molecule has 4 nitrogen and oxygen atoms in total. The summed E-state index contributed by atoms with van der Waals surface area (Å²) in [6.07, 6.45) is 3.23. The second kappa shape index (κ2) is 5.07. The highest BCUT2D eigenvalue weighted by Crippen LogP contribution is 2.12. The van der Waals surface area contributed by atoms with Crippen LogP contribution in [-0.2, 0) is 6.54 Å². The molecule has 0 aliphatic rings. The minimum absolute atomic E-state index is 0.179. The van der Waals surface area contributed by atoms with Crippen LogP contribution in [0.1, 0.15) is 11.1 Å². The maximum Gasteiger partial charge on any atom is 0.218 e. The van der Waals surface area contributed by atoms with E-state index >= 15 is 0 Å². The first-order chi connectivity index (χ1) is 8.61. The van der Waals surface area contributed by atoms with E-state index in [4.69, 9.17) is 11.0 Å². The number of rotatable bonds is 2. The standard InChI is InChI=1S/C13H10BrN3O/c14-11-7-17(8-12(16)13(11)18)6-10-4-2-1-3-9(10)5-15/h1-4,7-8H,6,16H2. The first kappa shape index (κ1) is 12.4. The van der Waals surface area contributed by atoms with Crippen LogP contribution in [0.2, 0.25) is 0 Å². The van der Waals surface area contributed by atoms with Crippen molar-refractivity contribution in [3.8, 4) is 6.07 Å². The van der Waals surface area contributed by atoms with Crippen molar-refractivity contribution in [2.45, 2.75) is 6.54 Å². The first-order valence-electron chi connectivity index (χ1n) is 5.25. The fraction of sp³-hybridized carbons (Fsp3) is 0.0769. The van der Waals surface area contributed by atoms with Gasteiger partial charge in [0.2, 0.25) is 5.43 Å². The molecule has 0 radical (unpaired) electrons. The number of halogens is 1. The minimum atomic E-state index is -0.222. The van der Waals surface area contributed by atoms with Crippen LogP contribution in [0.5, 0.6) is 0 Å². The molecule has 0 amide bonds. The molecule has 0 spiro atoms. The normalized spacial score (nSPS) is 10.0. The molecule has 1 aromatic carbocycles. The van der Waals surface area contributed by atoms with Gasteiger partial charge in [-0.1, -0.05) is 18.2 Å². The molecule has 90 valence electrons. The van der Waals surface area contributed by atoms with Gasteiger partial charge in [0.05, 0.1) is 21.8 Å². The number of nitriles is 1. The van der Waals surface area contributed by atoms with Crippen LogP contribution in [0.25, 0.3) is 0 Å². The second-order valence-electron chi connectivity index (χ2n) is 3.83. The van der Waals surface area contributed by atoms with Gasteiger partial charge < -0.3 is 10.3 Å². The molecule has 18 heavy (non-hydrogen) atoms. The van der Waals surface area contributed by atoms with Gasteiger partial charge in [0.1, 0.15) is 0 Å². The van der Waals surface area contributed by atoms with Gasteiger partial charge in [0.25, 0.3) is 0 Å². The Morgan fingerprint density at radius 2 is 2.06 bits per heavy atom. The van der Waals surface area contributed by atoms with Crippen molar-refractivity contribution in [1.29, 1.82) is 5.26 Å². The summed E-state index contributed by atoms with van der Waals surface area (Å²) in [6.45, 7) is 0.493. The maximum absolute atomic E-state index is 11.5. The number of nitrogen functional groups attached to an aromatic ring is 1. The van der Waals surface area contributed by atoms with E-state index in [0.717, 1.165) is 5.56 Å². The molecule has 2 aromatic rings. The molecular formula is C13H10BrN3O. The molecule has 5 heteroatoms. The van der Waals surface area contributed by atoms with Crippen molar-refractivity contribution < 1.29 is 0 Å². The fourth-order valence-corrected chi connectivity index (χ4v) is 2.16. The van der Waals surface area contributed by atoms with Gasteiger partial charge in [0.15, 0.2) is 0 Å². The van der Waals surface area contributed by atoms with Crippen LogP contribution in [-0.4, -0.2) is 4.57 Å². The van der Waals surface area contributed by atoms with E-state index in [1.807, 2.05) is 18.2 Å². The lowest BCUT2D eigenvalue weighted by atomic mass is 10.1. The van der Waals surface area contributed by atoms with Crippen molar-refractivity contribution in [2.24, 2.45) is 0 Å². The van der Waals surface area contributed by atoms with E-state index in [-0.39, 0.29) is 11.1 Å². The predicted molar refractivity (Wildman–Crippen MR) is 73.1 cm³/mol. The van der Waals surface area contributed by atoms with Crippen molar-refractivity contribution in [3.05, 3.63) is 62.5 Å². The van der Waals surface area contributed by atoms with E-state index in [2.05, 4.69) is 22.0 Å². The van der Waals surface area contributed by atoms with Crippen LogP contribution < -0.4 is 11.2 Å². The zero-order chi connectivity index (χ0) is 13.1. The Kier molecular flexibility index (Phi) is 3.49. The van der Waals surface area contributed by atoms with Crippen LogP contribution >= 0.6 is 15.9 Å². The Balaban J connectivity index is 2.41. The monoisotopic (exact) mass is 303 g/mol. The molecule has 2 rings (SSSR count). The molecule has 0 aliphatic heterocycles. The van der Waals surface area contributed by atoms with Gasteiger partial charge in [-0.15, -0.1) is 0 Å². The van der Waals surface area contributed by atoms with E-state index < -0.39 is 0 Å². The summed E-state index contributed by atoms with van der Waals surface area (Å²) in [7, 11) is 0. The summed E-state index contributed by atoms with van der Waals surface area (Å²) < 4.78 is 2.19. The lowest BCUT2D eigenvalue weighted by molar-refractivity contribution is 0.785. The molecule has 0 bridgehead atoms. The summed E-state index contributed by atoms with van der Waals surface area (Å²) in [4.78, 5) is 11.5. The van der Waals surface area contributed by atoms with Gasteiger partial charge in [-0.25, -0.2) is 0 Å². The minimum Gasteiger partial charge on any atom is -0.394 e. The molecule has 0 fully saturated rings. The van der Waals surface area contributed by atoms with Gasteiger partial charge in [0, 0.05) is 18.9 Å². The predicted octanol–water partition coefficient (Wildman–Crippen LogP) is 2.11. The molecule has 1 heterocycles. The molecule has 0 saturated carbocycles. The SMILES string of the molecule is N#Cc1ccccc1Cn1cc(N)c(=O)c(Br)c1. The first-order valence-corrected chi connectivity index (χ1v) is 6.04. The van der Waals surface area contributed by atoms with E-state index in [0.29, 0.717) is 16.6 Å². The topological polar surface area (TPSA) is 71.8 Å². The Bertz CT molecular complexity index is 659. The smallest absolute Gasteiger partial charge is 0.218 e. The quantitative estimate of drug-likeness (QED) is 0.923. The van der Waals surface area contributed by atoms with E-state index in [1.165, 1.54) is 0 Å². The number of hydrogen-bond acceptors (Lipinski definition) is 3. The van der Waals surface area contributed by atoms with Gasteiger partial charge in [-0.05, 0) is 27.6 Å². The average molecular weight is 304 g/mol. The van der Waals surface area contributed by atoms with Crippen LogP contribution in [0.15, 0.2) is 45.9 Å². The van der Waals surface area contributed by atoms with Crippen LogP contribution in [0.3, 0.4) is 0 Å². The zero-order valence-corrected chi connectivity index (χ0v) is 11.0. The third-order valence-electron chi connectivity index (χ3n) is 2.55. The summed E-state index contributed by atoms with van der Waals surface area (Å²) in [6, 6.07) is 9.46. The fourth-order valence-electron chi connectivity index (χ4n) is 1.67. The summed E-state index contributed by atoms with van der Waals surface area (Å²) in [5.41, 5.74) is 7.08. The molecular weight excluding hydrogens is 294 g/mol. The third-order valence-corrected chi connectivity index (χ3v) is 3.12. The lowest BCUT2D eigenvalue weighted by Crippen LogP contribution is -2.13. The molecule has 0 aliphatic carbocycles. The van der Waals surface area contributed by atoms with Crippen LogP contribution in [0, 0.1) is 11.3 Å². The largest absolute Gasteiger partial charge is 0.394 e. The van der Waals surface area contributed by atoms with Crippen LogP contribution in [0.4, 0.5) is 5.69 Å². The van der Waals surface area contributed by atoms with Gasteiger partial charge >= 0.3 is 0 Å². The highest BCUT2D eigenvalue weighted by Gasteiger charge is 2.05. The van der Waals surface area contributed by atoms with Gasteiger partial charge in [-0.3, -0.25) is 4.79 Å². The molecule has 2 N–H and O–H groups in total. The Morgan fingerprint density at radius 3 is 2.72 bits per heavy atom. The second-order valence-corrected chi connectivity index (χ2v) is 4.69. The molecule has 0 unspecified atom stereocenters. The van der Waals surface area contributed by atoms with Crippen molar-refractivity contribution in [1.82, 2.24) is 4.57 Å².